The highest BCUT2D eigenvalue weighted by atomic mass is 19.1. The minimum Gasteiger partial charge on any atom is -0.318 e. The van der Waals surface area contributed by atoms with Crippen molar-refractivity contribution in [2.24, 2.45) is 11.8 Å². The van der Waals surface area contributed by atoms with Gasteiger partial charge in [0.05, 0.1) is 24.1 Å². The van der Waals surface area contributed by atoms with Gasteiger partial charge in [0, 0.05) is 42.3 Å². The van der Waals surface area contributed by atoms with Crippen molar-refractivity contribution in [2.45, 2.75) is 26.3 Å². The molecule has 9 nitrogen and oxygen atoms in total. The number of aryl methyl sites for hydroxylation is 1. The zero-order valence-corrected chi connectivity index (χ0v) is 17.0. The van der Waals surface area contributed by atoms with E-state index < -0.39 is 11.7 Å². The van der Waals surface area contributed by atoms with Gasteiger partial charge in [-0.25, -0.2) is 14.4 Å². The van der Waals surface area contributed by atoms with E-state index in [0.717, 1.165) is 6.42 Å². The minimum atomic E-state index is -0.523. The predicted octanol–water partition coefficient (Wildman–Crippen LogP) is 2.36. The van der Waals surface area contributed by atoms with Crippen molar-refractivity contribution >= 4 is 23.3 Å². The Kier molecular flexibility index (Phi) is 4.49. The van der Waals surface area contributed by atoms with E-state index in [2.05, 4.69) is 25.4 Å². The Morgan fingerprint density at radius 3 is 2.87 bits per heavy atom. The van der Waals surface area contributed by atoms with Crippen LogP contribution in [0.15, 0.2) is 37.1 Å². The molecular formula is C21H20FN7O2. The number of hydrogen-bond donors (Lipinski definition) is 1. The fourth-order valence-corrected chi connectivity index (χ4v) is 4.03. The van der Waals surface area contributed by atoms with Gasteiger partial charge in [-0.3, -0.25) is 24.2 Å². The van der Waals surface area contributed by atoms with Crippen molar-refractivity contribution in [1.29, 1.82) is 0 Å². The molecule has 4 heterocycles. The molecule has 1 aliphatic carbocycles. The summed E-state index contributed by atoms with van der Waals surface area (Å²) in [6.07, 6.45) is 8.36. The van der Waals surface area contributed by atoms with Crippen molar-refractivity contribution in [3.8, 4) is 0 Å². The summed E-state index contributed by atoms with van der Waals surface area (Å²) in [6, 6.07) is 1.08. The molecule has 2 aliphatic rings. The second kappa shape index (κ2) is 7.22. The van der Waals surface area contributed by atoms with E-state index in [4.69, 9.17) is 0 Å². The van der Waals surface area contributed by atoms with Crippen LogP contribution in [0.4, 0.5) is 15.9 Å². The van der Waals surface area contributed by atoms with Crippen LogP contribution >= 0.6 is 0 Å². The highest BCUT2D eigenvalue weighted by molar-refractivity contribution is 6.02. The Hall–Kier alpha value is -3.69. The number of pyridine rings is 1. The van der Waals surface area contributed by atoms with Gasteiger partial charge in [0.15, 0.2) is 11.6 Å². The van der Waals surface area contributed by atoms with Gasteiger partial charge in [0.1, 0.15) is 5.69 Å². The van der Waals surface area contributed by atoms with Gasteiger partial charge in [-0.2, -0.15) is 5.10 Å². The van der Waals surface area contributed by atoms with E-state index in [-0.39, 0.29) is 29.4 Å². The Morgan fingerprint density at radius 1 is 1.32 bits per heavy atom. The molecule has 3 atom stereocenters. The first-order chi connectivity index (χ1) is 14.9. The number of carbonyl (C=O) groups excluding carboxylic acids is 2. The first kappa shape index (κ1) is 19.3. The lowest BCUT2D eigenvalue weighted by molar-refractivity contribution is -0.118. The minimum absolute atomic E-state index is 0.0350. The third-order valence-electron chi connectivity index (χ3n) is 5.87. The molecule has 1 aliphatic heterocycles. The summed E-state index contributed by atoms with van der Waals surface area (Å²) in [6.45, 7) is 4.19. The SMILES string of the molecule is Cc1nc(N2C[C@H]3C[C@H]3C2=O)c(F)cc1[C@@H](C)n1cc(NC(=O)c2cnccn2)cn1. The number of carbonyl (C=O) groups is 2. The Morgan fingerprint density at radius 2 is 2.16 bits per heavy atom. The fraction of sp³-hybridized carbons (Fsp3) is 0.333. The molecule has 0 aromatic carbocycles. The number of hydrogen-bond acceptors (Lipinski definition) is 6. The number of nitrogens with zero attached hydrogens (tertiary/aromatic N) is 6. The average molecular weight is 421 g/mol. The molecule has 3 aromatic heterocycles. The summed E-state index contributed by atoms with van der Waals surface area (Å²) in [5, 5.41) is 7.00. The molecule has 3 aromatic rings. The van der Waals surface area contributed by atoms with Crippen molar-refractivity contribution in [3.63, 3.8) is 0 Å². The van der Waals surface area contributed by atoms with Crippen molar-refractivity contribution < 1.29 is 14.0 Å². The third-order valence-corrected chi connectivity index (χ3v) is 5.87. The first-order valence-electron chi connectivity index (χ1n) is 10.0. The lowest BCUT2D eigenvalue weighted by atomic mass is 10.1. The zero-order chi connectivity index (χ0) is 21.7. The molecular weight excluding hydrogens is 401 g/mol. The van der Waals surface area contributed by atoms with E-state index in [1.165, 1.54) is 35.8 Å². The van der Waals surface area contributed by atoms with Crippen LogP contribution in [0, 0.1) is 24.6 Å². The number of piperidine rings is 1. The summed E-state index contributed by atoms with van der Waals surface area (Å²) in [5.41, 5.74) is 1.94. The molecule has 10 heteroatoms. The van der Waals surface area contributed by atoms with Gasteiger partial charge in [-0.15, -0.1) is 0 Å². The molecule has 0 spiro atoms. The van der Waals surface area contributed by atoms with Crippen molar-refractivity contribution in [1.82, 2.24) is 24.7 Å². The number of halogens is 1. The summed E-state index contributed by atoms with van der Waals surface area (Å²) in [4.78, 5) is 38.2. The normalized spacial score (nSPS) is 20.5. The van der Waals surface area contributed by atoms with Gasteiger partial charge in [-0.05, 0) is 32.3 Å². The summed E-state index contributed by atoms with van der Waals surface area (Å²) in [5.74, 6) is -0.477. The number of nitrogens with one attached hydrogen (secondary N) is 1. The summed E-state index contributed by atoms with van der Waals surface area (Å²) < 4.78 is 16.5. The average Bonchev–Trinajstić information content (AvgIpc) is 3.27. The van der Waals surface area contributed by atoms with Gasteiger partial charge in [-0.1, -0.05) is 0 Å². The number of rotatable bonds is 5. The second-order valence-electron chi connectivity index (χ2n) is 7.95. The molecule has 0 unspecified atom stereocenters. The van der Waals surface area contributed by atoms with Crippen LogP contribution in [-0.4, -0.2) is 43.1 Å². The molecule has 1 saturated carbocycles. The van der Waals surface area contributed by atoms with E-state index >= 15 is 0 Å². The van der Waals surface area contributed by atoms with E-state index in [1.54, 1.807) is 17.8 Å². The maximum absolute atomic E-state index is 14.9. The third kappa shape index (κ3) is 3.43. The van der Waals surface area contributed by atoms with Crippen LogP contribution in [0.5, 0.6) is 0 Å². The van der Waals surface area contributed by atoms with E-state index in [9.17, 15) is 14.0 Å². The Labute approximate surface area is 177 Å². The number of amides is 2. The molecule has 31 heavy (non-hydrogen) atoms. The maximum Gasteiger partial charge on any atom is 0.275 e. The van der Waals surface area contributed by atoms with Crippen LogP contribution in [0.3, 0.4) is 0 Å². The lowest BCUT2D eigenvalue weighted by Gasteiger charge is -2.21. The van der Waals surface area contributed by atoms with Gasteiger partial charge in [0.25, 0.3) is 5.91 Å². The van der Waals surface area contributed by atoms with Gasteiger partial charge < -0.3 is 5.32 Å². The van der Waals surface area contributed by atoms with Crippen molar-refractivity contribution in [3.05, 3.63) is 59.8 Å². The van der Waals surface area contributed by atoms with Crippen LogP contribution in [-0.2, 0) is 4.79 Å². The molecule has 0 bridgehead atoms. The number of fused-ring (bicyclic) bond motifs is 1. The molecule has 0 radical (unpaired) electrons. The first-order valence-corrected chi connectivity index (χ1v) is 10.0. The second-order valence-corrected chi connectivity index (χ2v) is 7.95. The Bertz CT molecular complexity index is 1180. The van der Waals surface area contributed by atoms with Gasteiger partial charge >= 0.3 is 0 Å². The van der Waals surface area contributed by atoms with Crippen LogP contribution < -0.4 is 10.2 Å². The summed E-state index contributed by atoms with van der Waals surface area (Å²) >= 11 is 0. The fourth-order valence-electron chi connectivity index (χ4n) is 4.03. The highest BCUT2D eigenvalue weighted by Crippen LogP contribution is 2.47. The largest absolute Gasteiger partial charge is 0.318 e. The molecule has 2 amide bonds. The van der Waals surface area contributed by atoms with Crippen LogP contribution in [0.1, 0.15) is 41.1 Å². The van der Waals surface area contributed by atoms with E-state index in [1.807, 2.05) is 6.92 Å². The zero-order valence-electron chi connectivity index (χ0n) is 17.0. The topological polar surface area (TPSA) is 106 Å². The lowest BCUT2D eigenvalue weighted by Crippen LogP contribution is -2.30. The van der Waals surface area contributed by atoms with Crippen LogP contribution in [0.2, 0.25) is 0 Å². The Balaban J connectivity index is 1.34. The quantitative estimate of drug-likeness (QED) is 0.678. The standard InChI is InChI=1S/C21H20FN7O2/c1-11-15(6-17(22)19(26-11)28-9-13-5-16(13)21(28)31)12(2)29-10-14(7-25-29)27-20(30)18-8-23-3-4-24-18/h3-4,6-8,10,12-13,16H,5,9H2,1-2H3,(H,27,30)/t12-,13-,16-/m1/s1. The predicted molar refractivity (Wildman–Crippen MR) is 109 cm³/mol. The number of aromatic nitrogens is 5. The van der Waals surface area contributed by atoms with Crippen LogP contribution in [0.25, 0.3) is 0 Å². The van der Waals surface area contributed by atoms with Gasteiger partial charge in [0.2, 0.25) is 5.91 Å². The molecule has 1 saturated heterocycles. The molecule has 5 rings (SSSR count). The molecule has 158 valence electrons. The summed E-state index contributed by atoms with van der Waals surface area (Å²) in [7, 11) is 0. The molecule has 2 fully saturated rings. The smallest absolute Gasteiger partial charge is 0.275 e. The highest BCUT2D eigenvalue weighted by Gasteiger charge is 2.53. The van der Waals surface area contributed by atoms with E-state index in [0.29, 0.717) is 29.4 Å². The monoisotopic (exact) mass is 421 g/mol. The maximum atomic E-state index is 14.9. The number of anilines is 2. The molecule has 1 N–H and O–H groups in total. The van der Waals surface area contributed by atoms with Crippen molar-refractivity contribution in [2.75, 3.05) is 16.8 Å².